The molecule has 0 spiro atoms. The van der Waals surface area contributed by atoms with Crippen LogP contribution in [0.3, 0.4) is 0 Å². The molecule has 1 amide bonds. The molecule has 2 N–H and O–H groups in total. The number of carbonyl (C=O) groups is 1. The lowest BCUT2D eigenvalue weighted by Gasteiger charge is -2.25. The number of nitrogens with zero attached hydrogens (tertiary/aromatic N) is 1. The average molecular weight is 350 g/mol. The Balaban J connectivity index is 1.42. The summed E-state index contributed by atoms with van der Waals surface area (Å²) < 4.78 is 0. The third kappa shape index (κ3) is 3.38. The molecular formula is C22H26N2O2. The molecule has 0 radical (unpaired) electrons. The predicted octanol–water partition coefficient (Wildman–Crippen LogP) is 3.70. The van der Waals surface area contributed by atoms with Crippen LogP contribution in [-0.4, -0.2) is 28.6 Å². The zero-order chi connectivity index (χ0) is 18.0. The zero-order valence-electron chi connectivity index (χ0n) is 15.0. The highest BCUT2D eigenvalue weighted by Gasteiger charge is 2.58. The molecule has 2 aliphatic rings. The highest BCUT2D eigenvalue weighted by Crippen LogP contribution is 2.53. The Kier molecular flexibility index (Phi) is 4.77. The number of nitrogens with one attached hydrogen (secondary N) is 1. The van der Waals surface area contributed by atoms with E-state index in [0.717, 1.165) is 35.7 Å². The van der Waals surface area contributed by atoms with Gasteiger partial charge < -0.3 is 10.4 Å². The smallest absolute Gasteiger partial charge is 0.229 e. The molecule has 0 unspecified atom stereocenters. The van der Waals surface area contributed by atoms with E-state index in [9.17, 15) is 9.90 Å². The molecule has 2 saturated carbocycles. The average Bonchev–Trinajstić information content (AvgIpc) is 3.42. The highest BCUT2D eigenvalue weighted by atomic mass is 16.3. The van der Waals surface area contributed by atoms with Gasteiger partial charge in [-0.1, -0.05) is 49.6 Å². The van der Waals surface area contributed by atoms with Gasteiger partial charge in [0.15, 0.2) is 0 Å². The molecule has 2 aliphatic carbocycles. The lowest BCUT2D eigenvalue weighted by atomic mass is 9.94. The minimum atomic E-state index is -0.627. The number of hydrogen-bond acceptors (Lipinski definition) is 3. The molecule has 2 aromatic rings. The molecule has 2 fully saturated rings. The number of fused-ring (bicyclic) bond motifs is 1. The van der Waals surface area contributed by atoms with Crippen molar-refractivity contribution in [3.05, 3.63) is 48.2 Å². The summed E-state index contributed by atoms with van der Waals surface area (Å²) in [7, 11) is 0. The van der Waals surface area contributed by atoms with Crippen LogP contribution in [-0.2, 0) is 4.79 Å². The van der Waals surface area contributed by atoms with Crippen molar-refractivity contribution in [1.29, 1.82) is 0 Å². The number of allylic oxidation sites excluding steroid dienone is 1. The van der Waals surface area contributed by atoms with Gasteiger partial charge >= 0.3 is 0 Å². The maximum atomic E-state index is 12.7. The number of rotatable bonds is 5. The fourth-order valence-corrected chi connectivity index (χ4v) is 4.08. The van der Waals surface area contributed by atoms with Crippen molar-refractivity contribution < 1.29 is 9.90 Å². The molecule has 1 aromatic carbocycles. The summed E-state index contributed by atoms with van der Waals surface area (Å²) >= 11 is 0. The molecule has 136 valence electrons. The number of hydrogen-bond donors (Lipinski definition) is 2. The predicted molar refractivity (Wildman–Crippen MR) is 103 cm³/mol. The summed E-state index contributed by atoms with van der Waals surface area (Å²) in [5.41, 5.74) is 1.38. The molecule has 4 heteroatoms. The van der Waals surface area contributed by atoms with E-state index in [0.29, 0.717) is 0 Å². The normalized spacial score (nSPS) is 26.3. The first-order chi connectivity index (χ1) is 12.7. The van der Waals surface area contributed by atoms with Crippen molar-refractivity contribution in [3.63, 3.8) is 0 Å². The molecule has 1 aromatic heterocycles. The second kappa shape index (κ2) is 7.20. The van der Waals surface area contributed by atoms with Gasteiger partial charge in [0, 0.05) is 17.6 Å². The number of aromatic nitrogens is 1. The van der Waals surface area contributed by atoms with Gasteiger partial charge in [-0.2, -0.15) is 0 Å². The Labute approximate surface area is 154 Å². The number of pyridine rings is 1. The molecular weight excluding hydrogens is 324 g/mol. The van der Waals surface area contributed by atoms with Crippen LogP contribution >= 0.6 is 0 Å². The molecule has 2 atom stereocenters. The number of amides is 1. The second-order valence-corrected chi connectivity index (χ2v) is 7.75. The quantitative estimate of drug-likeness (QED) is 0.864. The Morgan fingerprint density at radius 2 is 2.08 bits per heavy atom. The number of carbonyl (C=O) groups excluding carboxylic acids is 1. The van der Waals surface area contributed by atoms with Gasteiger partial charge in [-0.25, -0.2) is 0 Å². The lowest BCUT2D eigenvalue weighted by Crippen LogP contribution is -2.42. The zero-order valence-corrected chi connectivity index (χ0v) is 15.0. The van der Waals surface area contributed by atoms with Gasteiger partial charge in [-0.3, -0.25) is 9.78 Å². The molecule has 0 bridgehead atoms. The first kappa shape index (κ1) is 17.2. The number of aliphatic hydroxyl groups excluding tert-OH is 1. The Bertz CT molecular complexity index is 826. The van der Waals surface area contributed by atoms with E-state index in [1.54, 1.807) is 0 Å². The highest BCUT2D eigenvalue weighted by molar-refractivity contribution is 5.87. The van der Waals surface area contributed by atoms with E-state index in [-0.39, 0.29) is 24.5 Å². The van der Waals surface area contributed by atoms with Crippen LogP contribution in [0.25, 0.3) is 17.0 Å². The summed E-state index contributed by atoms with van der Waals surface area (Å²) in [6, 6.07) is 10.4. The Hall–Kier alpha value is -2.20. The first-order valence-electron chi connectivity index (χ1n) is 9.66. The number of para-hydroxylation sites is 1. The van der Waals surface area contributed by atoms with E-state index < -0.39 is 5.41 Å². The third-order valence-electron chi connectivity index (χ3n) is 5.94. The maximum Gasteiger partial charge on any atom is 0.229 e. The van der Waals surface area contributed by atoms with E-state index >= 15 is 0 Å². The van der Waals surface area contributed by atoms with Gasteiger partial charge in [-0.15, -0.1) is 0 Å². The third-order valence-corrected chi connectivity index (χ3v) is 5.94. The van der Waals surface area contributed by atoms with Crippen LogP contribution in [0.2, 0.25) is 0 Å². The lowest BCUT2D eigenvalue weighted by molar-refractivity contribution is -0.129. The van der Waals surface area contributed by atoms with Crippen LogP contribution in [0.4, 0.5) is 0 Å². The van der Waals surface area contributed by atoms with E-state index in [2.05, 4.69) is 22.4 Å². The summed E-state index contributed by atoms with van der Waals surface area (Å²) in [5, 5.41) is 14.1. The van der Waals surface area contributed by atoms with E-state index in [1.807, 2.05) is 36.5 Å². The molecule has 4 nitrogen and oxygen atoms in total. The van der Waals surface area contributed by atoms with Gasteiger partial charge in [0.1, 0.15) is 0 Å². The van der Waals surface area contributed by atoms with Crippen molar-refractivity contribution >= 4 is 22.9 Å². The molecule has 0 aliphatic heterocycles. The van der Waals surface area contributed by atoms with Crippen LogP contribution in [0, 0.1) is 11.3 Å². The Morgan fingerprint density at radius 1 is 1.27 bits per heavy atom. The van der Waals surface area contributed by atoms with Gasteiger partial charge in [0.05, 0.1) is 17.5 Å². The van der Waals surface area contributed by atoms with Crippen molar-refractivity contribution in [2.45, 2.75) is 44.6 Å². The maximum absolute atomic E-state index is 12.7. The van der Waals surface area contributed by atoms with Crippen LogP contribution in [0.5, 0.6) is 0 Å². The summed E-state index contributed by atoms with van der Waals surface area (Å²) in [6.45, 7) is -0.0868. The minimum absolute atomic E-state index is 0.0261. The van der Waals surface area contributed by atoms with Crippen molar-refractivity contribution in [1.82, 2.24) is 10.3 Å². The molecule has 26 heavy (non-hydrogen) atoms. The standard InChI is InChI=1S/C22H26N2O2/c25-15-22(21(26)24-19-7-2-1-3-8-19)13-18(22)11-10-16-12-17-6-4-5-9-20(17)23-14-16/h4-6,9-12,14,18-19,25H,1-3,7-8,13,15H2,(H,24,26)/b11-10+/t18-,22+/m1/s1. The van der Waals surface area contributed by atoms with E-state index in [1.165, 1.54) is 19.3 Å². The SMILES string of the molecule is O=C(NC1CCCCC1)[C@]1(CO)C[C@H]1/C=C/c1cnc2ccccc2c1. The largest absolute Gasteiger partial charge is 0.395 e. The van der Waals surface area contributed by atoms with Gasteiger partial charge in [0.2, 0.25) is 5.91 Å². The van der Waals surface area contributed by atoms with Crippen LogP contribution in [0.1, 0.15) is 44.1 Å². The number of aliphatic hydroxyl groups is 1. The van der Waals surface area contributed by atoms with Crippen LogP contribution < -0.4 is 5.32 Å². The Morgan fingerprint density at radius 3 is 2.88 bits per heavy atom. The summed E-state index contributed by atoms with van der Waals surface area (Å²) in [5.74, 6) is 0.126. The molecule has 4 rings (SSSR count). The fourth-order valence-electron chi connectivity index (χ4n) is 4.08. The molecule has 0 saturated heterocycles. The van der Waals surface area contributed by atoms with Crippen molar-refractivity contribution in [2.75, 3.05) is 6.61 Å². The first-order valence-corrected chi connectivity index (χ1v) is 9.66. The topological polar surface area (TPSA) is 62.2 Å². The van der Waals surface area contributed by atoms with Crippen LogP contribution in [0.15, 0.2) is 42.6 Å². The van der Waals surface area contributed by atoms with E-state index in [4.69, 9.17) is 0 Å². The number of benzene rings is 1. The van der Waals surface area contributed by atoms with Gasteiger partial charge in [0.25, 0.3) is 0 Å². The second-order valence-electron chi connectivity index (χ2n) is 7.75. The minimum Gasteiger partial charge on any atom is -0.395 e. The van der Waals surface area contributed by atoms with Gasteiger partial charge in [-0.05, 0) is 42.9 Å². The van der Waals surface area contributed by atoms with Crippen molar-refractivity contribution in [3.8, 4) is 0 Å². The van der Waals surface area contributed by atoms with Crippen molar-refractivity contribution in [2.24, 2.45) is 11.3 Å². The summed E-state index contributed by atoms with van der Waals surface area (Å²) in [6.07, 6.45) is 12.4. The monoisotopic (exact) mass is 350 g/mol. The molecule has 1 heterocycles. The fraction of sp³-hybridized carbons (Fsp3) is 0.455. The summed E-state index contributed by atoms with van der Waals surface area (Å²) in [4.78, 5) is 17.2.